The van der Waals surface area contributed by atoms with Crippen LogP contribution in [0.1, 0.15) is 10.4 Å². The average molecular weight is 271 g/mol. The first kappa shape index (κ1) is 13.6. The monoisotopic (exact) mass is 271 g/mol. The molecule has 2 rings (SSSR count). The number of Topliss-reactive ketones (excluding diaryl/α,β-unsaturated/α-hetero) is 1. The van der Waals surface area contributed by atoms with Crippen molar-refractivity contribution in [3.63, 3.8) is 0 Å². The van der Waals surface area contributed by atoms with Crippen LogP contribution in [0.4, 0.5) is 14.5 Å². The molecule has 1 aromatic carbocycles. The molecule has 0 aromatic heterocycles. The Labute approximate surface area is 107 Å². The number of halogens is 2. The Balaban J connectivity index is 2.26. The Morgan fingerprint density at radius 1 is 1.16 bits per heavy atom. The second-order valence-corrected chi connectivity index (χ2v) is 3.87. The predicted octanol–water partition coefficient (Wildman–Crippen LogP) is 0.503. The molecule has 1 amide bonds. The van der Waals surface area contributed by atoms with Gasteiger partial charge in [0.1, 0.15) is 11.6 Å². The number of hydrogen-bond acceptors (Lipinski definition) is 4. The number of carbonyl (C=O) groups excluding carboxylic acids is 2. The summed E-state index contributed by atoms with van der Waals surface area (Å²) < 4.78 is 32.1. The highest BCUT2D eigenvalue weighted by Crippen LogP contribution is 2.33. The standard InChI is InChI=1S/C12H11F2NO4/c13-7-1-2-8(14)10-9(7)11(17)12(18)15(10)3-5-19-6-4-16/h1-2,16H,3-6H2. The number of fused-ring (bicyclic) bond motifs is 1. The molecular weight excluding hydrogens is 260 g/mol. The van der Waals surface area contributed by atoms with E-state index >= 15 is 0 Å². The molecule has 1 aliphatic rings. The van der Waals surface area contributed by atoms with Crippen molar-refractivity contribution >= 4 is 17.4 Å². The second kappa shape index (κ2) is 5.41. The molecule has 0 saturated heterocycles. The highest BCUT2D eigenvalue weighted by molar-refractivity contribution is 6.52. The second-order valence-electron chi connectivity index (χ2n) is 3.87. The lowest BCUT2D eigenvalue weighted by atomic mass is 10.1. The van der Waals surface area contributed by atoms with Crippen LogP contribution in [0.3, 0.4) is 0 Å². The Kier molecular flexibility index (Phi) is 3.87. The number of ether oxygens (including phenoxy) is 1. The molecule has 1 aliphatic heterocycles. The fourth-order valence-electron chi connectivity index (χ4n) is 1.89. The van der Waals surface area contributed by atoms with E-state index in [1.165, 1.54) is 0 Å². The zero-order valence-electron chi connectivity index (χ0n) is 9.86. The number of nitrogens with zero attached hydrogens (tertiary/aromatic N) is 1. The Bertz CT molecular complexity index is 533. The van der Waals surface area contributed by atoms with E-state index < -0.39 is 28.9 Å². The van der Waals surface area contributed by atoms with Crippen molar-refractivity contribution in [1.82, 2.24) is 0 Å². The predicted molar refractivity (Wildman–Crippen MR) is 60.9 cm³/mol. The van der Waals surface area contributed by atoms with Gasteiger partial charge in [0.05, 0.1) is 31.1 Å². The van der Waals surface area contributed by atoms with Crippen LogP contribution in [0.2, 0.25) is 0 Å². The molecule has 0 unspecified atom stereocenters. The summed E-state index contributed by atoms with van der Waals surface area (Å²) in [6.45, 7) is -0.201. The number of benzene rings is 1. The number of anilines is 1. The third-order valence-corrected chi connectivity index (χ3v) is 2.71. The summed E-state index contributed by atoms with van der Waals surface area (Å²) in [5.74, 6) is -3.80. The van der Waals surface area contributed by atoms with Crippen LogP contribution >= 0.6 is 0 Å². The number of ketones is 1. The van der Waals surface area contributed by atoms with Gasteiger partial charge in [-0.05, 0) is 12.1 Å². The van der Waals surface area contributed by atoms with Crippen molar-refractivity contribution in [2.24, 2.45) is 0 Å². The third-order valence-electron chi connectivity index (χ3n) is 2.71. The minimum atomic E-state index is -1.06. The lowest BCUT2D eigenvalue weighted by molar-refractivity contribution is -0.114. The third kappa shape index (κ3) is 2.34. The van der Waals surface area contributed by atoms with E-state index in [1.54, 1.807) is 0 Å². The molecule has 0 aliphatic carbocycles. The summed E-state index contributed by atoms with van der Waals surface area (Å²) in [6.07, 6.45) is 0. The van der Waals surface area contributed by atoms with Crippen LogP contribution in [-0.4, -0.2) is 43.2 Å². The van der Waals surface area contributed by atoms with Gasteiger partial charge in [-0.1, -0.05) is 0 Å². The lowest BCUT2D eigenvalue weighted by Crippen LogP contribution is -2.33. The fraction of sp³-hybridized carbons (Fsp3) is 0.333. The Hall–Kier alpha value is -1.86. The summed E-state index contributed by atoms with van der Waals surface area (Å²) >= 11 is 0. The molecule has 19 heavy (non-hydrogen) atoms. The lowest BCUT2D eigenvalue weighted by Gasteiger charge is -2.16. The highest BCUT2D eigenvalue weighted by atomic mass is 19.1. The maximum absolute atomic E-state index is 13.6. The van der Waals surface area contributed by atoms with Crippen LogP contribution in [0.5, 0.6) is 0 Å². The molecular formula is C12H11F2NO4. The van der Waals surface area contributed by atoms with Gasteiger partial charge in [-0.15, -0.1) is 0 Å². The zero-order chi connectivity index (χ0) is 14.0. The van der Waals surface area contributed by atoms with Crippen LogP contribution in [-0.2, 0) is 9.53 Å². The first-order chi connectivity index (χ1) is 9.07. The van der Waals surface area contributed by atoms with E-state index in [1.807, 2.05) is 0 Å². The first-order valence-electron chi connectivity index (χ1n) is 5.60. The number of aliphatic hydroxyl groups excluding tert-OH is 1. The summed E-state index contributed by atoms with van der Waals surface area (Å²) in [4.78, 5) is 24.1. The molecule has 0 spiro atoms. The molecule has 0 atom stereocenters. The van der Waals surface area contributed by atoms with Gasteiger partial charge < -0.3 is 9.84 Å². The molecule has 7 heteroatoms. The van der Waals surface area contributed by atoms with Crippen molar-refractivity contribution in [2.75, 3.05) is 31.3 Å². The molecule has 102 valence electrons. The van der Waals surface area contributed by atoms with Gasteiger partial charge in [-0.3, -0.25) is 14.5 Å². The van der Waals surface area contributed by atoms with Gasteiger partial charge >= 0.3 is 0 Å². The average Bonchev–Trinajstić information content (AvgIpc) is 2.65. The van der Waals surface area contributed by atoms with Crippen LogP contribution in [0, 0.1) is 11.6 Å². The van der Waals surface area contributed by atoms with Gasteiger partial charge in [-0.2, -0.15) is 0 Å². The molecule has 0 fully saturated rings. The van der Waals surface area contributed by atoms with Gasteiger partial charge in [-0.25, -0.2) is 8.78 Å². The summed E-state index contributed by atoms with van der Waals surface area (Å²) in [5.41, 5.74) is -0.880. The van der Waals surface area contributed by atoms with Crippen molar-refractivity contribution in [2.45, 2.75) is 0 Å². The topological polar surface area (TPSA) is 66.8 Å². The maximum Gasteiger partial charge on any atom is 0.299 e. The minimum absolute atomic E-state index is 0.00890. The highest BCUT2D eigenvalue weighted by Gasteiger charge is 2.40. The Morgan fingerprint density at radius 3 is 2.53 bits per heavy atom. The van der Waals surface area contributed by atoms with Crippen molar-refractivity contribution in [1.29, 1.82) is 0 Å². The number of aliphatic hydroxyl groups is 1. The van der Waals surface area contributed by atoms with E-state index in [0.29, 0.717) is 0 Å². The quantitative estimate of drug-likeness (QED) is 0.625. The summed E-state index contributed by atoms with van der Waals surface area (Å²) in [5, 5.41) is 8.52. The molecule has 0 saturated carbocycles. The van der Waals surface area contributed by atoms with E-state index in [2.05, 4.69) is 0 Å². The number of rotatable bonds is 5. The first-order valence-corrected chi connectivity index (χ1v) is 5.60. The Morgan fingerprint density at radius 2 is 1.84 bits per heavy atom. The van der Waals surface area contributed by atoms with E-state index in [9.17, 15) is 18.4 Å². The van der Waals surface area contributed by atoms with Gasteiger partial charge in [0.15, 0.2) is 0 Å². The van der Waals surface area contributed by atoms with Crippen LogP contribution in [0.25, 0.3) is 0 Å². The van der Waals surface area contributed by atoms with Gasteiger partial charge in [0, 0.05) is 6.54 Å². The maximum atomic E-state index is 13.6. The SMILES string of the molecule is O=C1C(=O)N(CCOCCO)c2c(F)ccc(F)c21. The molecule has 1 heterocycles. The number of hydrogen-bond donors (Lipinski definition) is 1. The van der Waals surface area contributed by atoms with Crippen molar-refractivity contribution in [3.05, 3.63) is 29.3 Å². The summed E-state index contributed by atoms with van der Waals surface area (Å²) in [7, 11) is 0. The van der Waals surface area contributed by atoms with E-state index in [0.717, 1.165) is 17.0 Å². The van der Waals surface area contributed by atoms with Crippen molar-refractivity contribution < 1.29 is 28.2 Å². The van der Waals surface area contributed by atoms with Crippen molar-refractivity contribution in [3.8, 4) is 0 Å². The minimum Gasteiger partial charge on any atom is -0.394 e. The molecule has 1 N–H and O–H groups in total. The molecule has 5 nitrogen and oxygen atoms in total. The normalized spacial score (nSPS) is 14.2. The molecule has 0 bridgehead atoms. The number of amides is 1. The van der Waals surface area contributed by atoms with Gasteiger partial charge in [0.2, 0.25) is 0 Å². The van der Waals surface area contributed by atoms with Crippen LogP contribution in [0.15, 0.2) is 12.1 Å². The van der Waals surface area contributed by atoms with E-state index in [4.69, 9.17) is 9.84 Å². The molecule has 1 aromatic rings. The number of carbonyl (C=O) groups is 2. The van der Waals surface area contributed by atoms with Crippen LogP contribution < -0.4 is 4.90 Å². The smallest absolute Gasteiger partial charge is 0.299 e. The molecule has 0 radical (unpaired) electrons. The largest absolute Gasteiger partial charge is 0.394 e. The summed E-state index contributed by atoms with van der Waals surface area (Å²) in [6, 6.07) is 1.67. The van der Waals surface area contributed by atoms with E-state index in [-0.39, 0.29) is 32.1 Å². The van der Waals surface area contributed by atoms with Gasteiger partial charge in [0.25, 0.3) is 11.7 Å². The zero-order valence-corrected chi connectivity index (χ0v) is 9.86. The fourth-order valence-corrected chi connectivity index (χ4v) is 1.89.